The predicted octanol–water partition coefficient (Wildman–Crippen LogP) is 3.24. The van der Waals surface area contributed by atoms with Gasteiger partial charge in [-0.2, -0.15) is 0 Å². The fraction of sp³-hybridized carbons (Fsp3) is 0.357. The van der Waals surface area contributed by atoms with E-state index in [-0.39, 0.29) is 6.61 Å². The van der Waals surface area contributed by atoms with Gasteiger partial charge in [-0.3, -0.25) is 24.6 Å². The Morgan fingerprint density at radius 1 is 1.16 bits per heavy atom. The summed E-state index contributed by atoms with van der Waals surface area (Å²) in [5, 5.41) is 12.4. The van der Waals surface area contributed by atoms with Gasteiger partial charge in [0.15, 0.2) is 0 Å². The summed E-state index contributed by atoms with van der Waals surface area (Å²) in [6.45, 7) is 5.71. The van der Waals surface area contributed by atoms with Crippen molar-refractivity contribution in [1.29, 1.82) is 0 Å². The van der Waals surface area contributed by atoms with Crippen LogP contribution in [0.2, 0.25) is 0 Å². The van der Waals surface area contributed by atoms with E-state index in [4.69, 9.17) is 14.7 Å². The number of para-hydroxylation sites is 1. The Morgan fingerprint density at radius 2 is 1.89 bits per heavy atom. The monoisotopic (exact) mass is 505 g/mol. The van der Waals surface area contributed by atoms with Crippen LogP contribution in [0.4, 0.5) is 0 Å². The topological polar surface area (TPSA) is 127 Å². The first-order chi connectivity index (χ1) is 17.8. The second-order valence-electron chi connectivity index (χ2n) is 9.39. The molecule has 1 aromatic heterocycles. The molecule has 2 amide bonds. The normalized spacial score (nSPS) is 19.1. The van der Waals surface area contributed by atoms with Gasteiger partial charge in [0.25, 0.3) is 5.91 Å². The van der Waals surface area contributed by atoms with Crippen LogP contribution in [0.1, 0.15) is 37.1 Å². The summed E-state index contributed by atoms with van der Waals surface area (Å²) in [7, 11) is 0. The van der Waals surface area contributed by atoms with Gasteiger partial charge in [0.2, 0.25) is 5.91 Å². The number of benzene rings is 2. The summed E-state index contributed by atoms with van der Waals surface area (Å²) in [6.07, 6.45) is 0.636. The van der Waals surface area contributed by atoms with Gasteiger partial charge in [-0.05, 0) is 63.4 Å². The van der Waals surface area contributed by atoms with Crippen LogP contribution < -0.4 is 15.5 Å². The molecule has 3 N–H and O–H groups in total. The molecule has 3 atom stereocenters. The van der Waals surface area contributed by atoms with Gasteiger partial charge >= 0.3 is 5.97 Å². The quantitative estimate of drug-likeness (QED) is 0.219. The fourth-order valence-electron chi connectivity index (χ4n) is 4.64. The molecule has 1 aliphatic rings. The first-order valence-electron chi connectivity index (χ1n) is 12.3. The van der Waals surface area contributed by atoms with Crippen LogP contribution in [0.25, 0.3) is 10.9 Å². The van der Waals surface area contributed by atoms with E-state index in [0.717, 1.165) is 27.7 Å². The number of esters is 1. The van der Waals surface area contributed by atoms with Gasteiger partial charge in [0.05, 0.1) is 23.5 Å². The van der Waals surface area contributed by atoms with E-state index in [9.17, 15) is 14.4 Å². The van der Waals surface area contributed by atoms with Crippen LogP contribution in [-0.4, -0.2) is 40.6 Å². The molecule has 1 aliphatic carbocycles. The maximum atomic E-state index is 12.8. The number of carbonyl (C=O) groups excluding carboxylic acids is 3. The number of ether oxygens (including phenoxy) is 2. The maximum absolute atomic E-state index is 12.8. The van der Waals surface area contributed by atoms with Crippen LogP contribution in [0, 0.1) is 18.3 Å². The SMILES string of the molecule is CCOC(=O)[C@@]1(Cc2ccc(OCc3cc(C)nc4ccccc34)cc2)C[C@@H]1C(=O)N[C@H](C)C(=O)NO. The molecular weight excluding hydrogens is 474 g/mol. The molecule has 0 radical (unpaired) electrons. The number of fused-ring (bicyclic) bond motifs is 1. The number of rotatable bonds is 10. The molecule has 9 heteroatoms. The van der Waals surface area contributed by atoms with Crippen LogP contribution in [0.15, 0.2) is 54.6 Å². The smallest absolute Gasteiger partial charge is 0.313 e. The Bertz CT molecular complexity index is 1310. The van der Waals surface area contributed by atoms with E-state index in [1.165, 1.54) is 12.4 Å². The van der Waals surface area contributed by atoms with Crippen molar-refractivity contribution in [1.82, 2.24) is 15.8 Å². The number of hydroxylamine groups is 1. The number of pyridine rings is 1. The minimum atomic E-state index is -0.995. The second kappa shape index (κ2) is 11.0. The zero-order chi connectivity index (χ0) is 26.6. The van der Waals surface area contributed by atoms with Gasteiger partial charge in [-0.15, -0.1) is 0 Å². The standard InChI is InChI=1S/C28H31N3O6/c1-4-36-27(34)28(15-23(28)26(33)30-18(3)25(32)31-35)14-19-9-11-21(12-10-19)37-16-20-13-17(2)29-24-8-6-5-7-22(20)24/h5-13,18,23,35H,4,14-16H2,1-3H3,(H,30,33)(H,31,32)/t18-,23-,28+/m1/s1. The van der Waals surface area contributed by atoms with E-state index < -0.39 is 35.2 Å². The average molecular weight is 506 g/mol. The number of amides is 2. The number of hydrogen-bond donors (Lipinski definition) is 3. The van der Waals surface area contributed by atoms with Gasteiger partial charge in [0.1, 0.15) is 18.4 Å². The minimum Gasteiger partial charge on any atom is -0.489 e. The third-order valence-electron chi connectivity index (χ3n) is 6.70. The van der Waals surface area contributed by atoms with Crippen molar-refractivity contribution < 1.29 is 29.1 Å². The number of aryl methyl sites for hydroxylation is 1. The highest BCUT2D eigenvalue weighted by atomic mass is 16.5. The van der Waals surface area contributed by atoms with Gasteiger partial charge in [-0.1, -0.05) is 30.3 Å². The van der Waals surface area contributed by atoms with Crippen molar-refractivity contribution >= 4 is 28.7 Å². The van der Waals surface area contributed by atoms with E-state index >= 15 is 0 Å². The molecule has 0 unspecified atom stereocenters. The van der Waals surface area contributed by atoms with E-state index in [0.29, 0.717) is 25.2 Å². The van der Waals surface area contributed by atoms with Crippen molar-refractivity contribution in [2.24, 2.45) is 11.3 Å². The first-order valence-corrected chi connectivity index (χ1v) is 12.3. The molecule has 3 aromatic rings. The number of aromatic nitrogens is 1. The van der Waals surface area contributed by atoms with Crippen LogP contribution in [0.5, 0.6) is 5.75 Å². The molecule has 194 valence electrons. The summed E-state index contributed by atoms with van der Waals surface area (Å²) in [5.41, 5.74) is 4.27. The lowest BCUT2D eigenvalue weighted by Gasteiger charge is -2.18. The Morgan fingerprint density at radius 3 is 2.59 bits per heavy atom. The van der Waals surface area contributed by atoms with Crippen molar-refractivity contribution in [3.63, 3.8) is 0 Å². The highest BCUT2D eigenvalue weighted by Crippen LogP contribution is 2.56. The third kappa shape index (κ3) is 5.72. The Labute approximate surface area is 215 Å². The zero-order valence-corrected chi connectivity index (χ0v) is 21.1. The Kier molecular flexibility index (Phi) is 7.73. The molecular formula is C28H31N3O6. The molecule has 0 bridgehead atoms. The lowest BCUT2D eigenvalue weighted by Crippen LogP contribution is -2.45. The number of nitrogens with zero attached hydrogens (tertiary/aromatic N) is 1. The molecule has 2 aromatic carbocycles. The molecule has 0 spiro atoms. The van der Waals surface area contributed by atoms with Crippen molar-refractivity contribution in [2.45, 2.75) is 46.3 Å². The third-order valence-corrected chi connectivity index (χ3v) is 6.70. The molecule has 1 fully saturated rings. The Hall–Kier alpha value is -3.98. The van der Waals surface area contributed by atoms with Gasteiger partial charge in [-0.25, -0.2) is 5.48 Å². The van der Waals surface area contributed by atoms with Crippen molar-refractivity contribution in [3.8, 4) is 5.75 Å². The van der Waals surface area contributed by atoms with E-state index in [1.807, 2.05) is 61.5 Å². The van der Waals surface area contributed by atoms with E-state index in [2.05, 4.69) is 10.3 Å². The predicted molar refractivity (Wildman–Crippen MR) is 136 cm³/mol. The number of hydrogen-bond acceptors (Lipinski definition) is 7. The zero-order valence-electron chi connectivity index (χ0n) is 21.1. The number of nitrogens with one attached hydrogen (secondary N) is 2. The molecule has 4 rings (SSSR count). The Balaban J connectivity index is 1.44. The lowest BCUT2D eigenvalue weighted by atomic mass is 9.93. The van der Waals surface area contributed by atoms with Crippen LogP contribution in [-0.2, 0) is 32.1 Å². The summed E-state index contributed by atoms with van der Waals surface area (Å²) in [4.78, 5) is 41.7. The summed E-state index contributed by atoms with van der Waals surface area (Å²) in [5.74, 6) is -1.54. The van der Waals surface area contributed by atoms with Crippen molar-refractivity contribution in [3.05, 3.63) is 71.4 Å². The van der Waals surface area contributed by atoms with Gasteiger partial charge in [0, 0.05) is 16.6 Å². The largest absolute Gasteiger partial charge is 0.489 e. The summed E-state index contributed by atoms with van der Waals surface area (Å²) in [6, 6.07) is 16.5. The number of carbonyl (C=O) groups is 3. The molecule has 0 saturated heterocycles. The lowest BCUT2D eigenvalue weighted by molar-refractivity contribution is -0.151. The summed E-state index contributed by atoms with van der Waals surface area (Å²) >= 11 is 0. The molecule has 0 aliphatic heterocycles. The molecule has 9 nitrogen and oxygen atoms in total. The average Bonchev–Trinajstić information content (AvgIpc) is 3.63. The van der Waals surface area contributed by atoms with Gasteiger partial charge < -0.3 is 14.8 Å². The second-order valence-corrected chi connectivity index (χ2v) is 9.39. The maximum Gasteiger partial charge on any atom is 0.313 e. The molecule has 1 heterocycles. The highest BCUT2D eigenvalue weighted by Gasteiger charge is 2.64. The minimum absolute atomic E-state index is 0.203. The van der Waals surface area contributed by atoms with E-state index in [1.54, 1.807) is 6.92 Å². The van der Waals surface area contributed by atoms with Crippen LogP contribution in [0.3, 0.4) is 0 Å². The summed E-state index contributed by atoms with van der Waals surface area (Å²) < 4.78 is 11.3. The van der Waals surface area contributed by atoms with Crippen molar-refractivity contribution in [2.75, 3.05) is 6.61 Å². The fourth-order valence-corrected chi connectivity index (χ4v) is 4.64. The van der Waals surface area contributed by atoms with Crippen LogP contribution >= 0.6 is 0 Å². The first kappa shape index (κ1) is 26.1. The highest BCUT2D eigenvalue weighted by molar-refractivity contribution is 5.95. The molecule has 1 saturated carbocycles. The molecule has 37 heavy (non-hydrogen) atoms.